The number of hydrogen-bond donors (Lipinski definition) is 2. The molecule has 1 aliphatic heterocycles. The van der Waals surface area contributed by atoms with Crippen molar-refractivity contribution in [1.29, 1.82) is 10.5 Å². The lowest BCUT2D eigenvalue weighted by molar-refractivity contribution is -0.142. The number of nitrogens with zero attached hydrogens (tertiary/aromatic N) is 4. The first kappa shape index (κ1) is 22.2. The minimum Gasteiger partial charge on any atom is -0.479 e. The number of nitriles is 2. The Labute approximate surface area is 179 Å². The minimum atomic E-state index is -1.21. The zero-order valence-electron chi connectivity index (χ0n) is 17.2. The Bertz CT molecular complexity index is 1070. The maximum absolute atomic E-state index is 12.0. The van der Waals surface area contributed by atoms with Crippen molar-refractivity contribution in [2.75, 3.05) is 32.8 Å². The topological polar surface area (TPSA) is 142 Å². The molecule has 0 saturated carbocycles. The number of nitrogens with one attached hydrogen (secondary N) is 1. The van der Waals surface area contributed by atoms with Gasteiger partial charge in [0.25, 0.3) is 5.56 Å². The summed E-state index contributed by atoms with van der Waals surface area (Å²) in [5.41, 5.74) is -0.587. The Hall–Kier alpha value is -3.44. The zero-order chi connectivity index (χ0) is 22.4. The third kappa shape index (κ3) is 4.52. The average Bonchev–Trinajstić information content (AvgIpc) is 2.77. The summed E-state index contributed by atoms with van der Waals surface area (Å²) in [7, 11) is 2.99. The van der Waals surface area contributed by atoms with Crippen LogP contribution < -0.4 is 15.6 Å². The molecule has 0 spiro atoms. The molecule has 3 rings (SSSR count). The second kappa shape index (κ2) is 9.58. The minimum absolute atomic E-state index is 0.0503. The summed E-state index contributed by atoms with van der Waals surface area (Å²) in [6.07, 6.45) is -1.01. The normalized spacial score (nSPS) is 18.9. The van der Waals surface area contributed by atoms with E-state index in [0.717, 1.165) is 0 Å². The lowest BCUT2D eigenvalue weighted by Crippen LogP contribution is -2.60. The van der Waals surface area contributed by atoms with Crippen LogP contribution in [0.25, 0.3) is 0 Å². The van der Waals surface area contributed by atoms with Crippen LogP contribution in [0.3, 0.4) is 0 Å². The van der Waals surface area contributed by atoms with Crippen molar-refractivity contribution in [1.82, 2.24) is 9.78 Å². The number of fused-ring (bicyclic) bond motifs is 1. The molecule has 162 valence electrons. The van der Waals surface area contributed by atoms with Crippen LogP contribution in [-0.4, -0.2) is 54.0 Å². The standard InChI is InChI=1S/C21H23N5O5/c1-29-12-21(13-30-2)20(28)19(15-10-14(11-23)4-5-16(15)31-21)24-17-6-7-18(27)26(25-17)9-3-8-22/h4-7,10,19-20,28H,3,9,12-13H2,1-2H3,(H,24,25)/t19-,20+/m1/s1. The van der Waals surface area contributed by atoms with Gasteiger partial charge in [-0.2, -0.15) is 15.6 Å². The first-order valence-electron chi connectivity index (χ1n) is 9.58. The number of anilines is 1. The molecule has 10 nitrogen and oxygen atoms in total. The molecule has 0 saturated heterocycles. The Morgan fingerprint density at radius 3 is 2.65 bits per heavy atom. The van der Waals surface area contributed by atoms with Crippen LogP contribution >= 0.6 is 0 Å². The van der Waals surface area contributed by atoms with Gasteiger partial charge in [-0.05, 0) is 24.3 Å². The van der Waals surface area contributed by atoms with Crippen molar-refractivity contribution in [3.05, 3.63) is 51.8 Å². The Balaban J connectivity index is 2.05. The summed E-state index contributed by atoms with van der Waals surface area (Å²) in [6.45, 7) is 0.247. The fourth-order valence-corrected chi connectivity index (χ4v) is 3.63. The third-order valence-corrected chi connectivity index (χ3v) is 5.02. The first-order valence-corrected chi connectivity index (χ1v) is 9.58. The van der Waals surface area contributed by atoms with Crippen LogP contribution in [0.5, 0.6) is 5.75 Å². The Morgan fingerprint density at radius 1 is 1.26 bits per heavy atom. The molecule has 0 bridgehead atoms. The lowest BCUT2D eigenvalue weighted by atomic mass is 9.84. The van der Waals surface area contributed by atoms with Gasteiger partial charge in [-0.15, -0.1) is 0 Å². The van der Waals surface area contributed by atoms with Gasteiger partial charge in [-0.1, -0.05) is 0 Å². The number of aryl methyl sites for hydroxylation is 1. The summed E-state index contributed by atoms with van der Waals surface area (Å²) in [5, 5.41) is 36.8. The Kier molecular flexibility index (Phi) is 6.88. The van der Waals surface area contributed by atoms with E-state index in [-0.39, 0.29) is 31.7 Å². The number of ether oxygens (including phenoxy) is 3. The summed E-state index contributed by atoms with van der Waals surface area (Å²) in [5.74, 6) is 0.786. The largest absolute Gasteiger partial charge is 0.479 e. The molecule has 0 aliphatic carbocycles. The highest BCUT2D eigenvalue weighted by Crippen LogP contribution is 2.42. The molecule has 1 aromatic heterocycles. The molecular formula is C21H23N5O5. The van der Waals surface area contributed by atoms with Gasteiger partial charge in [0.05, 0.1) is 49.9 Å². The molecule has 2 N–H and O–H groups in total. The predicted octanol–water partition coefficient (Wildman–Crippen LogP) is 0.967. The molecule has 1 aliphatic rings. The van der Waals surface area contributed by atoms with E-state index in [1.54, 1.807) is 18.2 Å². The van der Waals surface area contributed by atoms with Crippen LogP contribution in [0.4, 0.5) is 5.82 Å². The van der Waals surface area contributed by atoms with Gasteiger partial charge in [0.15, 0.2) is 5.60 Å². The van der Waals surface area contributed by atoms with Crippen molar-refractivity contribution in [2.45, 2.75) is 30.7 Å². The summed E-state index contributed by atoms with van der Waals surface area (Å²) in [6, 6.07) is 11.1. The van der Waals surface area contributed by atoms with E-state index >= 15 is 0 Å². The number of aromatic nitrogens is 2. The van der Waals surface area contributed by atoms with E-state index in [1.807, 2.05) is 6.07 Å². The van der Waals surface area contributed by atoms with E-state index in [9.17, 15) is 15.2 Å². The van der Waals surface area contributed by atoms with Crippen molar-refractivity contribution >= 4 is 5.82 Å². The van der Waals surface area contributed by atoms with Crippen LogP contribution in [-0.2, 0) is 16.0 Å². The molecular weight excluding hydrogens is 402 g/mol. The molecule has 0 amide bonds. The lowest BCUT2D eigenvalue weighted by Gasteiger charge is -2.45. The van der Waals surface area contributed by atoms with E-state index in [0.29, 0.717) is 22.7 Å². The molecule has 2 atom stereocenters. The molecule has 31 heavy (non-hydrogen) atoms. The van der Waals surface area contributed by atoms with Gasteiger partial charge in [-0.3, -0.25) is 4.79 Å². The quantitative estimate of drug-likeness (QED) is 0.632. The number of methoxy groups -OCH3 is 2. The highest BCUT2D eigenvalue weighted by atomic mass is 16.6. The first-order chi connectivity index (χ1) is 15.0. The summed E-state index contributed by atoms with van der Waals surface area (Å²) >= 11 is 0. The van der Waals surface area contributed by atoms with Crippen molar-refractivity contribution < 1.29 is 19.3 Å². The van der Waals surface area contributed by atoms with E-state index in [1.165, 1.54) is 31.0 Å². The van der Waals surface area contributed by atoms with Gasteiger partial charge in [0, 0.05) is 25.8 Å². The molecule has 0 unspecified atom stereocenters. The van der Waals surface area contributed by atoms with E-state index in [2.05, 4.69) is 16.5 Å². The van der Waals surface area contributed by atoms with Crippen LogP contribution in [0, 0.1) is 22.7 Å². The van der Waals surface area contributed by atoms with Crippen molar-refractivity contribution in [2.24, 2.45) is 0 Å². The zero-order valence-corrected chi connectivity index (χ0v) is 17.2. The van der Waals surface area contributed by atoms with E-state index in [4.69, 9.17) is 19.5 Å². The third-order valence-electron chi connectivity index (χ3n) is 5.02. The van der Waals surface area contributed by atoms with Gasteiger partial charge >= 0.3 is 0 Å². The number of benzene rings is 1. The monoisotopic (exact) mass is 425 g/mol. The number of hydrogen-bond acceptors (Lipinski definition) is 9. The van der Waals surface area contributed by atoms with Crippen molar-refractivity contribution in [3.63, 3.8) is 0 Å². The molecule has 2 aromatic rings. The maximum Gasteiger partial charge on any atom is 0.266 e. The molecule has 0 radical (unpaired) electrons. The second-order valence-electron chi connectivity index (χ2n) is 7.15. The average molecular weight is 425 g/mol. The number of aliphatic hydroxyl groups excluding tert-OH is 1. The van der Waals surface area contributed by atoms with Crippen LogP contribution in [0.2, 0.25) is 0 Å². The van der Waals surface area contributed by atoms with Gasteiger partial charge in [0.2, 0.25) is 0 Å². The van der Waals surface area contributed by atoms with Gasteiger partial charge < -0.3 is 24.6 Å². The molecule has 0 fully saturated rings. The van der Waals surface area contributed by atoms with E-state index < -0.39 is 17.7 Å². The summed E-state index contributed by atoms with van der Waals surface area (Å²) < 4.78 is 17.9. The van der Waals surface area contributed by atoms with Gasteiger partial charge in [0.1, 0.15) is 17.7 Å². The second-order valence-corrected chi connectivity index (χ2v) is 7.15. The molecule has 2 heterocycles. The van der Waals surface area contributed by atoms with Gasteiger partial charge in [-0.25, -0.2) is 4.68 Å². The summed E-state index contributed by atoms with van der Waals surface area (Å²) in [4.78, 5) is 12.0. The Morgan fingerprint density at radius 2 is 2.00 bits per heavy atom. The number of aliphatic hydroxyl groups is 1. The smallest absolute Gasteiger partial charge is 0.266 e. The highest BCUT2D eigenvalue weighted by Gasteiger charge is 2.50. The van der Waals surface area contributed by atoms with Crippen molar-refractivity contribution in [3.8, 4) is 17.9 Å². The SMILES string of the molecule is COCC1(COC)Oc2ccc(C#N)cc2[C@@H](Nc2ccc(=O)n(CCC#N)n2)[C@@H]1O. The fraction of sp³-hybridized carbons (Fsp3) is 0.429. The van der Waals surface area contributed by atoms with Crippen LogP contribution in [0.1, 0.15) is 23.6 Å². The fourth-order valence-electron chi connectivity index (χ4n) is 3.63. The van der Waals surface area contributed by atoms with Crippen LogP contribution in [0.15, 0.2) is 35.1 Å². The maximum atomic E-state index is 12.0. The molecule has 10 heteroatoms. The predicted molar refractivity (Wildman–Crippen MR) is 109 cm³/mol. The molecule has 1 aromatic carbocycles. The highest BCUT2D eigenvalue weighted by molar-refractivity contribution is 5.50. The number of rotatable bonds is 8.